The van der Waals surface area contributed by atoms with Gasteiger partial charge >= 0.3 is 0 Å². The monoisotopic (exact) mass is 285 g/mol. The lowest BCUT2D eigenvalue weighted by Crippen LogP contribution is -2.36. The summed E-state index contributed by atoms with van der Waals surface area (Å²) in [7, 11) is 0. The minimum absolute atomic E-state index is 0.0844. The number of carbonyl (C=O) groups is 1. The van der Waals surface area contributed by atoms with Gasteiger partial charge in [0.2, 0.25) is 6.41 Å². The van der Waals surface area contributed by atoms with Crippen LogP contribution in [0.4, 0.5) is 0 Å². The van der Waals surface area contributed by atoms with Crippen molar-refractivity contribution >= 4 is 6.41 Å². The molecule has 1 atom stereocenters. The van der Waals surface area contributed by atoms with E-state index in [9.17, 15) is 4.79 Å². The van der Waals surface area contributed by atoms with Gasteiger partial charge in [-0.25, -0.2) is 0 Å². The first-order valence-corrected chi connectivity index (χ1v) is 7.28. The molecule has 6 nitrogen and oxygen atoms in total. The Balaban J connectivity index is 1.88. The molecule has 0 spiro atoms. The summed E-state index contributed by atoms with van der Waals surface area (Å²) in [6.45, 7) is 3.44. The number of tetrazole rings is 1. The lowest BCUT2D eigenvalue weighted by Gasteiger charge is -2.33. The van der Waals surface area contributed by atoms with Crippen molar-refractivity contribution in [3.63, 3.8) is 0 Å². The maximum atomic E-state index is 10.9. The summed E-state index contributed by atoms with van der Waals surface area (Å²) >= 11 is 0. The van der Waals surface area contributed by atoms with Crippen molar-refractivity contribution in [2.24, 2.45) is 5.92 Å². The van der Waals surface area contributed by atoms with Crippen LogP contribution in [0.3, 0.4) is 0 Å². The molecule has 0 aliphatic carbocycles. The molecule has 21 heavy (non-hydrogen) atoms. The Morgan fingerprint density at radius 3 is 2.52 bits per heavy atom. The molecule has 0 bridgehead atoms. The fraction of sp³-hybridized carbons (Fsp3) is 0.467. The predicted molar refractivity (Wildman–Crippen MR) is 77.5 cm³/mol. The van der Waals surface area contributed by atoms with E-state index in [1.165, 1.54) is 5.56 Å². The smallest absolute Gasteiger partial charge is 0.209 e. The number of aromatic nitrogens is 4. The highest BCUT2D eigenvalue weighted by atomic mass is 16.1. The highest BCUT2D eigenvalue weighted by molar-refractivity contribution is 5.47. The van der Waals surface area contributed by atoms with Gasteiger partial charge in [0.15, 0.2) is 5.82 Å². The molecule has 1 unspecified atom stereocenters. The van der Waals surface area contributed by atoms with Crippen molar-refractivity contribution in [1.29, 1.82) is 0 Å². The summed E-state index contributed by atoms with van der Waals surface area (Å²) < 4.78 is 0. The topological polar surface area (TPSA) is 63.9 Å². The third kappa shape index (κ3) is 2.94. The minimum Gasteiger partial charge on any atom is -0.345 e. The lowest BCUT2D eigenvalue weighted by molar-refractivity contribution is -0.119. The Morgan fingerprint density at radius 2 is 1.95 bits per heavy atom. The molecule has 0 saturated carbocycles. The van der Waals surface area contributed by atoms with Crippen LogP contribution >= 0.6 is 0 Å². The van der Waals surface area contributed by atoms with Crippen LogP contribution in [-0.2, 0) is 4.79 Å². The van der Waals surface area contributed by atoms with Crippen LogP contribution in [-0.4, -0.2) is 44.6 Å². The molecule has 1 aromatic heterocycles. The van der Waals surface area contributed by atoms with E-state index in [1.807, 2.05) is 30.0 Å². The summed E-state index contributed by atoms with van der Waals surface area (Å²) in [6.07, 6.45) is 2.85. The van der Waals surface area contributed by atoms with Gasteiger partial charge in [-0.2, -0.15) is 4.80 Å². The molecule has 1 aromatic carbocycles. The largest absolute Gasteiger partial charge is 0.345 e. The second kappa shape index (κ2) is 6.03. The van der Waals surface area contributed by atoms with Crippen molar-refractivity contribution in [3.05, 3.63) is 41.7 Å². The van der Waals surface area contributed by atoms with E-state index in [0.29, 0.717) is 11.7 Å². The van der Waals surface area contributed by atoms with Crippen LogP contribution in [0.25, 0.3) is 0 Å². The van der Waals surface area contributed by atoms with E-state index in [1.54, 1.807) is 4.80 Å². The van der Waals surface area contributed by atoms with Crippen LogP contribution in [0.1, 0.15) is 30.3 Å². The Morgan fingerprint density at radius 1 is 1.24 bits per heavy atom. The number of amides is 1. The minimum atomic E-state index is 0.0844. The molecule has 0 N–H and O–H groups in total. The quantitative estimate of drug-likeness (QED) is 0.797. The van der Waals surface area contributed by atoms with Gasteiger partial charge in [0.05, 0.1) is 0 Å². The van der Waals surface area contributed by atoms with Crippen LogP contribution < -0.4 is 0 Å². The SMILES string of the molecule is Cc1nnn(C(c2ccccc2)C2CCN(C=O)CC2)n1. The zero-order valence-electron chi connectivity index (χ0n) is 12.1. The van der Waals surface area contributed by atoms with Gasteiger partial charge in [-0.3, -0.25) is 4.79 Å². The standard InChI is InChI=1S/C15H19N5O/c1-12-16-18-20(17-12)15(13-5-3-2-4-6-13)14-7-9-19(11-21)10-8-14/h2-6,11,14-15H,7-10H2,1H3. The molecule has 110 valence electrons. The highest BCUT2D eigenvalue weighted by Crippen LogP contribution is 2.32. The normalized spacial score (nSPS) is 17.7. The Labute approximate surface area is 123 Å². The molecule has 1 aliphatic heterocycles. The molecule has 3 rings (SSSR count). The number of piperidine rings is 1. The molecule has 2 aromatic rings. The van der Waals surface area contributed by atoms with Crippen LogP contribution in [0, 0.1) is 12.8 Å². The molecule has 1 amide bonds. The number of benzene rings is 1. The molecule has 1 fully saturated rings. The van der Waals surface area contributed by atoms with Crippen LogP contribution in [0.2, 0.25) is 0 Å². The first kappa shape index (κ1) is 13.7. The maximum absolute atomic E-state index is 10.9. The summed E-state index contributed by atoms with van der Waals surface area (Å²) in [6, 6.07) is 10.4. The fourth-order valence-electron chi connectivity index (χ4n) is 3.00. The molecule has 0 radical (unpaired) electrons. The fourth-order valence-corrected chi connectivity index (χ4v) is 3.00. The van der Waals surface area contributed by atoms with Crippen molar-refractivity contribution < 1.29 is 4.79 Å². The van der Waals surface area contributed by atoms with Crippen LogP contribution in [0.15, 0.2) is 30.3 Å². The molecular formula is C15H19N5O. The van der Waals surface area contributed by atoms with E-state index in [-0.39, 0.29) is 6.04 Å². The van der Waals surface area contributed by atoms with Crippen LogP contribution in [0.5, 0.6) is 0 Å². The Kier molecular flexibility index (Phi) is 3.94. The zero-order chi connectivity index (χ0) is 14.7. The van der Waals surface area contributed by atoms with Crippen molar-refractivity contribution in [1.82, 2.24) is 25.1 Å². The van der Waals surface area contributed by atoms with Gasteiger partial charge < -0.3 is 4.90 Å². The summed E-state index contributed by atoms with van der Waals surface area (Å²) in [5.74, 6) is 1.10. The van der Waals surface area contributed by atoms with E-state index in [0.717, 1.165) is 32.3 Å². The van der Waals surface area contributed by atoms with Crippen molar-refractivity contribution in [2.45, 2.75) is 25.8 Å². The average Bonchev–Trinajstić information content (AvgIpc) is 2.95. The van der Waals surface area contributed by atoms with Gasteiger partial charge in [-0.05, 0) is 36.5 Å². The maximum Gasteiger partial charge on any atom is 0.209 e. The number of hydrogen-bond donors (Lipinski definition) is 0. The highest BCUT2D eigenvalue weighted by Gasteiger charge is 2.30. The Hall–Kier alpha value is -2.24. The molecular weight excluding hydrogens is 266 g/mol. The number of likely N-dealkylation sites (tertiary alicyclic amines) is 1. The number of rotatable bonds is 4. The number of hydrogen-bond acceptors (Lipinski definition) is 4. The average molecular weight is 285 g/mol. The van der Waals surface area contributed by atoms with Gasteiger partial charge in [-0.1, -0.05) is 30.3 Å². The van der Waals surface area contributed by atoms with Crippen molar-refractivity contribution in [2.75, 3.05) is 13.1 Å². The Bertz CT molecular complexity index is 589. The van der Waals surface area contributed by atoms with E-state index in [2.05, 4.69) is 27.5 Å². The second-order valence-electron chi connectivity index (χ2n) is 5.49. The van der Waals surface area contributed by atoms with Gasteiger partial charge in [0, 0.05) is 13.1 Å². The van der Waals surface area contributed by atoms with Gasteiger partial charge in [-0.15, -0.1) is 10.2 Å². The summed E-state index contributed by atoms with van der Waals surface area (Å²) in [4.78, 5) is 14.4. The molecule has 1 saturated heterocycles. The molecule has 1 aliphatic rings. The zero-order valence-corrected chi connectivity index (χ0v) is 12.1. The van der Waals surface area contributed by atoms with E-state index >= 15 is 0 Å². The predicted octanol–water partition coefficient (Wildman–Crippen LogP) is 1.44. The number of nitrogens with zero attached hydrogens (tertiary/aromatic N) is 5. The lowest BCUT2D eigenvalue weighted by atomic mass is 9.86. The summed E-state index contributed by atoms with van der Waals surface area (Å²) in [5, 5.41) is 12.6. The first-order chi connectivity index (χ1) is 10.3. The van der Waals surface area contributed by atoms with Gasteiger partial charge in [0.25, 0.3) is 0 Å². The second-order valence-corrected chi connectivity index (χ2v) is 5.49. The molecule has 6 heteroatoms. The van der Waals surface area contributed by atoms with E-state index in [4.69, 9.17) is 0 Å². The van der Waals surface area contributed by atoms with Crippen molar-refractivity contribution in [3.8, 4) is 0 Å². The van der Waals surface area contributed by atoms with E-state index < -0.39 is 0 Å². The number of aryl methyl sites for hydroxylation is 1. The first-order valence-electron chi connectivity index (χ1n) is 7.28. The third-order valence-corrected chi connectivity index (χ3v) is 4.09. The third-order valence-electron chi connectivity index (χ3n) is 4.09. The number of carbonyl (C=O) groups excluding carboxylic acids is 1. The molecule has 2 heterocycles. The van der Waals surface area contributed by atoms with Gasteiger partial charge in [0.1, 0.15) is 6.04 Å². The summed E-state index contributed by atoms with van der Waals surface area (Å²) in [5.41, 5.74) is 1.19.